The Kier molecular flexibility index (Phi) is 7.96. The molecule has 0 saturated heterocycles. The van der Waals surface area contributed by atoms with Crippen LogP contribution in [-0.2, 0) is 9.59 Å². The van der Waals surface area contributed by atoms with Crippen LogP contribution in [0.5, 0.6) is 5.75 Å². The van der Waals surface area contributed by atoms with E-state index in [1.54, 1.807) is 19.1 Å². The summed E-state index contributed by atoms with van der Waals surface area (Å²) in [6.07, 6.45) is 1.86. The van der Waals surface area contributed by atoms with Crippen LogP contribution < -0.4 is 10.1 Å². The molecule has 22 heavy (non-hydrogen) atoms. The van der Waals surface area contributed by atoms with Gasteiger partial charge < -0.3 is 15.2 Å². The molecular formula is C16H22FNO4. The number of benzene rings is 1. The second-order valence-electron chi connectivity index (χ2n) is 4.94. The van der Waals surface area contributed by atoms with Crippen LogP contribution in [0.1, 0.15) is 39.0 Å². The number of hydrogen-bond acceptors (Lipinski definition) is 3. The molecule has 0 bridgehead atoms. The summed E-state index contributed by atoms with van der Waals surface area (Å²) in [6.45, 7) is 2.24. The van der Waals surface area contributed by atoms with Crippen molar-refractivity contribution in [1.29, 1.82) is 0 Å². The van der Waals surface area contributed by atoms with Gasteiger partial charge in [-0.25, -0.2) is 4.39 Å². The van der Waals surface area contributed by atoms with Gasteiger partial charge >= 0.3 is 5.97 Å². The lowest BCUT2D eigenvalue weighted by Crippen LogP contribution is -2.38. The highest BCUT2D eigenvalue weighted by molar-refractivity contribution is 5.81. The number of carboxylic acids is 1. The average molecular weight is 311 g/mol. The van der Waals surface area contributed by atoms with Crippen molar-refractivity contribution < 1.29 is 23.8 Å². The maximum Gasteiger partial charge on any atom is 0.303 e. The highest BCUT2D eigenvalue weighted by Crippen LogP contribution is 2.18. The molecule has 5 nitrogen and oxygen atoms in total. The average Bonchev–Trinajstić information content (AvgIpc) is 2.49. The topological polar surface area (TPSA) is 75.6 Å². The van der Waals surface area contributed by atoms with Gasteiger partial charge in [0.05, 0.1) is 0 Å². The van der Waals surface area contributed by atoms with E-state index >= 15 is 0 Å². The number of rotatable bonds is 10. The van der Waals surface area contributed by atoms with E-state index < -0.39 is 17.9 Å². The van der Waals surface area contributed by atoms with Gasteiger partial charge in [-0.05, 0) is 31.4 Å². The van der Waals surface area contributed by atoms with Crippen LogP contribution in [0.15, 0.2) is 24.3 Å². The van der Waals surface area contributed by atoms with Crippen molar-refractivity contribution in [2.45, 2.75) is 45.1 Å². The maximum absolute atomic E-state index is 13.5. The lowest BCUT2D eigenvalue weighted by atomic mass is 10.2. The summed E-state index contributed by atoms with van der Waals surface area (Å²) in [5, 5.41) is 11.2. The van der Waals surface area contributed by atoms with Gasteiger partial charge in [0.15, 0.2) is 17.7 Å². The first kappa shape index (κ1) is 17.9. The fourth-order valence-corrected chi connectivity index (χ4v) is 1.92. The van der Waals surface area contributed by atoms with Crippen molar-refractivity contribution in [2.75, 3.05) is 6.54 Å². The van der Waals surface area contributed by atoms with Gasteiger partial charge in [-0.3, -0.25) is 9.59 Å². The van der Waals surface area contributed by atoms with Crippen molar-refractivity contribution >= 4 is 11.9 Å². The fourth-order valence-electron chi connectivity index (χ4n) is 1.92. The van der Waals surface area contributed by atoms with E-state index in [9.17, 15) is 14.0 Å². The second kappa shape index (κ2) is 9.76. The SMILES string of the molecule is CCC(Oc1ccccc1F)C(=O)NCCCCCC(=O)O. The van der Waals surface area contributed by atoms with Gasteiger partial charge in [-0.1, -0.05) is 25.5 Å². The lowest BCUT2D eigenvalue weighted by molar-refractivity contribution is -0.137. The molecule has 6 heteroatoms. The number of amides is 1. The van der Waals surface area contributed by atoms with Gasteiger partial charge in [0.1, 0.15) is 0 Å². The minimum absolute atomic E-state index is 0.0611. The van der Waals surface area contributed by atoms with E-state index in [4.69, 9.17) is 9.84 Å². The molecular weight excluding hydrogens is 289 g/mol. The lowest BCUT2D eigenvalue weighted by Gasteiger charge is -2.17. The van der Waals surface area contributed by atoms with Crippen LogP contribution in [0.4, 0.5) is 4.39 Å². The van der Waals surface area contributed by atoms with E-state index in [1.807, 2.05) is 0 Å². The molecule has 0 fully saturated rings. The number of ether oxygens (including phenoxy) is 1. The number of carbonyl (C=O) groups is 2. The van der Waals surface area contributed by atoms with Crippen LogP contribution in [0.25, 0.3) is 0 Å². The summed E-state index contributed by atoms with van der Waals surface area (Å²) in [7, 11) is 0. The molecule has 1 aromatic carbocycles. The highest BCUT2D eigenvalue weighted by Gasteiger charge is 2.19. The van der Waals surface area contributed by atoms with Crippen LogP contribution in [0, 0.1) is 5.82 Å². The monoisotopic (exact) mass is 311 g/mol. The summed E-state index contributed by atoms with van der Waals surface area (Å²) in [4.78, 5) is 22.3. The zero-order chi connectivity index (χ0) is 16.4. The fraction of sp³-hybridized carbons (Fsp3) is 0.500. The Morgan fingerprint density at radius 1 is 1.27 bits per heavy atom. The first-order valence-electron chi connectivity index (χ1n) is 7.45. The molecule has 0 saturated carbocycles. The number of carbonyl (C=O) groups excluding carboxylic acids is 1. The van der Waals surface area contributed by atoms with Crippen molar-refractivity contribution in [1.82, 2.24) is 5.32 Å². The summed E-state index contributed by atoms with van der Waals surface area (Å²) in [5.41, 5.74) is 0. The smallest absolute Gasteiger partial charge is 0.303 e. The summed E-state index contributed by atoms with van der Waals surface area (Å²) >= 11 is 0. The number of halogens is 1. The maximum atomic E-state index is 13.5. The largest absolute Gasteiger partial charge is 0.481 e. The molecule has 0 heterocycles. The third-order valence-corrected chi connectivity index (χ3v) is 3.14. The molecule has 1 atom stereocenters. The summed E-state index contributed by atoms with van der Waals surface area (Å²) in [5.74, 6) is -1.54. The molecule has 122 valence electrons. The minimum Gasteiger partial charge on any atom is -0.481 e. The first-order chi connectivity index (χ1) is 10.5. The van der Waals surface area contributed by atoms with Crippen LogP contribution >= 0.6 is 0 Å². The van der Waals surface area contributed by atoms with Gasteiger partial charge in [0.25, 0.3) is 5.91 Å². The van der Waals surface area contributed by atoms with Crippen molar-refractivity contribution in [2.24, 2.45) is 0 Å². The third kappa shape index (κ3) is 6.56. The van der Waals surface area contributed by atoms with Gasteiger partial charge in [-0.2, -0.15) is 0 Å². The second-order valence-corrected chi connectivity index (χ2v) is 4.94. The Balaban J connectivity index is 2.32. The normalized spacial score (nSPS) is 11.7. The molecule has 0 aromatic heterocycles. The zero-order valence-electron chi connectivity index (χ0n) is 12.7. The third-order valence-electron chi connectivity index (χ3n) is 3.14. The molecule has 1 amide bonds. The molecule has 1 aromatic rings. The predicted molar refractivity (Wildman–Crippen MR) is 80.2 cm³/mol. The number of nitrogens with one attached hydrogen (secondary N) is 1. The Hall–Kier alpha value is -2.11. The zero-order valence-corrected chi connectivity index (χ0v) is 12.7. The van der Waals surface area contributed by atoms with E-state index in [0.717, 1.165) is 6.42 Å². The Morgan fingerprint density at radius 3 is 2.64 bits per heavy atom. The van der Waals surface area contributed by atoms with Gasteiger partial charge in [0, 0.05) is 13.0 Å². The summed E-state index contributed by atoms with van der Waals surface area (Å²) < 4.78 is 18.9. The van der Waals surface area contributed by atoms with Crippen LogP contribution in [0.3, 0.4) is 0 Å². The van der Waals surface area contributed by atoms with Crippen LogP contribution in [-0.4, -0.2) is 29.6 Å². The number of aliphatic carboxylic acids is 1. The van der Waals surface area contributed by atoms with Crippen molar-refractivity contribution in [3.63, 3.8) is 0 Å². The van der Waals surface area contributed by atoms with E-state index in [2.05, 4.69) is 5.32 Å². The Bertz CT molecular complexity index is 493. The van der Waals surface area contributed by atoms with Gasteiger partial charge in [0.2, 0.25) is 0 Å². The molecule has 1 unspecified atom stereocenters. The Labute approximate surface area is 129 Å². The Morgan fingerprint density at radius 2 is 2.00 bits per heavy atom. The van der Waals surface area contributed by atoms with E-state index in [-0.39, 0.29) is 18.1 Å². The molecule has 0 spiro atoms. The molecule has 0 aliphatic rings. The predicted octanol–water partition coefficient (Wildman–Crippen LogP) is 2.74. The number of para-hydroxylation sites is 1. The minimum atomic E-state index is -0.812. The molecule has 0 aliphatic carbocycles. The first-order valence-corrected chi connectivity index (χ1v) is 7.45. The van der Waals surface area contributed by atoms with Crippen molar-refractivity contribution in [3.8, 4) is 5.75 Å². The molecule has 2 N–H and O–H groups in total. The number of carboxylic acid groups (broad SMARTS) is 1. The van der Waals surface area contributed by atoms with E-state index in [0.29, 0.717) is 25.8 Å². The van der Waals surface area contributed by atoms with Crippen molar-refractivity contribution in [3.05, 3.63) is 30.1 Å². The highest BCUT2D eigenvalue weighted by atomic mass is 19.1. The quantitative estimate of drug-likeness (QED) is 0.652. The molecule has 0 aliphatic heterocycles. The van der Waals surface area contributed by atoms with Crippen LogP contribution in [0.2, 0.25) is 0 Å². The number of unbranched alkanes of at least 4 members (excludes halogenated alkanes) is 2. The molecule has 1 rings (SSSR count). The standard InChI is InChI=1S/C16H22FNO4/c1-2-13(22-14-9-6-5-8-12(14)17)16(21)18-11-7-3-4-10-15(19)20/h5-6,8-9,13H,2-4,7,10-11H2,1H3,(H,18,21)(H,19,20). The summed E-state index contributed by atoms with van der Waals surface area (Å²) in [6, 6.07) is 5.96. The van der Waals surface area contributed by atoms with Gasteiger partial charge in [-0.15, -0.1) is 0 Å². The van der Waals surface area contributed by atoms with E-state index in [1.165, 1.54) is 12.1 Å². The molecule has 0 radical (unpaired) electrons. The number of hydrogen-bond donors (Lipinski definition) is 2.